The molecule has 0 atom stereocenters. The Morgan fingerprint density at radius 3 is 2.32 bits per heavy atom. The maximum atomic E-state index is 13.4. The highest BCUT2D eigenvalue weighted by molar-refractivity contribution is 9.10. The lowest BCUT2D eigenvalue weighted by Crippen LogP contribution is -2.49. The van der Waals surface area contributed by atoms with E-state index in [0.29, 0.717) is 31.1 Å². The number of methoxy groups -OCH3 is 1. The molecule has 0 bridgehead atoms. The molecular weight excluding hydrogens is 440 g/mol. The Bertz CT molecular complexity index is 952. The first kappa shape index (κ1) is 21.1. The minimum absolute atomic E-state index is 0.122. The Kier molecular flexibility index (Phi) is 6.37. The average molecular weight is 467 g/mol. The zero-order valence-corrected chi connectivity index (χ0v) is 19.2. The summed E-state index contributed by atoms with van der Waals surface area (Å²) in [5, 5.41) is 0. The first-order chi connectivity index (χ1) is 13.3. The van der Waals surface area contributed by atoms with Crippen molar-refractivity contribution in [3.05, 3.63) is 52.0 Å². The van der Waals surface area contributed by atoms with Crippen LogP contribution in [-0.2, 0) is 10.0 Å². The Hall–Kier alpha value is -1.57. The predicted octanol–water partition coefficient (Wildman–Crippen LogP) is 4.40. The van der Waals surface area contributed by atoms with E-state index >= 15 is 0 Å². The van der Waals surface area contributed by atoms with Gasteiger partial charge in [0, 0.05) is 30.7 Å². The third-order valence-electron chi connectivity index (χ3n) is 5.20. The molecule has 0 N–H and O–H groups in total. The fourth-order valence-electron chi connectivity index (χ4n) is 3.54. The van der Waals surface area contributed by atoms with Crippen LogP contribution in [0, 0.1) is 6.92 Å². The number of ether oxygens (including phenoxy) is 1. The lowest BCUT2D eigenvalue weighted by molar-refractivity contribution is 0.378. The second-order valence-corrected chi connectivity index (χ2v) is 10.1. The number of benzene rings is 2. The molecule has 0 saturated carbocycles. The Morgan fingerprint density at radius 1 is 1.07 bits per heavy atom. The maximum absolute atomic E-state index is 13.4. The summed E-state index contributed by atoms with van der Waals surface area (Å²) in [6.07, 6.45) is 0. The van der Waals surface area contributed by atoms with Gasteiger partial charge in [-0.05, 0) is 48.2 Å². The zero-order valence-electron chi connectivity index (χ0n) is 16.8. The minimum Gasteiger partial charge on any atom is -0.495 e. The number of rotatable bonds is 5. The number of sulfonamides is 1. The molecule has 0 aromatic heterocycles. The Morgan fingerprint density at radius 2 is 1.71 bits per heavy atom. The van der Waals surface area contributed by atoms with Crippen molar-refractivity contribution >= 4 is 31.6 Å². The second-order valence-electron chi connectivity index (χ2n) is 7.36. The summed E-state index contributed by atoms with van der Waals surface area (Å²) in [5.41, 5.74) is 2.78. The van der Waals surface area contributed by atoms with Crippen LogP contribution < -0.4 is 9.64 Å². The van der Waals surface area contributed by atoms with Gasteiger partial charge in [-0.1, -0.05) is 41.9 Å². The highest BCUT2D eigenvalue weighted by Gasteiger charge is 2.31. The Labute approximate surface area is 176 Å². The second kappa shape index (κ2) is 8.43. The van der Waals surface area contributed by atoms with Crippen LogP contribution in [0.4, 0.5) is 5.69 Å². The van der Waals surface area contributed by atoms with E-state index in [-0.39, 0.29) is 5.92 Å². The van der Waals surface area contributed by atoms with Crippen LogP contribution in [0.5, 0.6) is 5.75 Å². The maximum Gasteiger partial charge on any atom is 0.243 e. The number of piperazine rings is 1. The molecular formula is C21H27BrN2O3S. The van der Waals surface area contributed by atoms with Crippen LogP contribution >= 0.6 is 15.9 Å². The van der Waals surface area contributed by atoms with E-state index in [2.05, 4.69) is 20.8 Å². The zero-order chi connectivity index (χ0) is 20.5. The summed E-state index contributed by atoms with van der Waals surface area (Å²) in [5.74, 6) is 0.931. The summed E-state index contributed by atoms with van der Waals surface area (Å²) in [6, 6.07) is 11.6. The fraction of sp³-hybridized carbons (Fsp3) is 0.429. The van der Waals surface area contributed by atoms with Gasteiger partial charge in [0.2, 0.25) is 10.0 Å². The van der Waals surface area contributed by atoms with E-state index in [9.17, 15) is 8.42 Å². The van der Waals surface area contributed by atoms with Crippen molar-refractivity contribution in [2.75, 3.05) is 38.2 Å². The van der Waals surface area contributed by atoms with Gasteiger partial charge in [0.1, 0.15) is 5.75 Å². The van der Waals surface area contributed by atoms with Crippen molar-refractivity contribution in [1.82, 2.24) is 4.31 Å². The van der Waals surface area contributed by atoms with Crippen LogP contribution in [0.15, 0.2) is 45.8 Å². The molecule has 0 radical (unpaired) electrons. The number of aryl methyl sites for hydroxylation is 1. The van der Waals surface area contributed by atoms with Gasteiger partial charge in [-0.3, -0.25) is 0 Å². The fourth-order valence-corrected chi connectivity index (χ4v) is 5.75. The number of hydrogen-bond donors (Lipinski definition) is 0. The first-order valence-electron chi connectivity index (χ1n) is 9.44. The van der Waals surface area contributed by atoms with E-state index in [4.69, 9.17) is 4.74 Å². The summed E-state index contributed by atoms with van der Waals surface area (Å²) < 4.78 is 34.8. The average Bonchev–Trinajstić information content (AvgIpc) is 2.69. The molecule has 7 heteroatoms. The standard InChI is InChI=1S/C21H27BrN2O3S/c1-15(2)17-14-18(22)16(3)13-21(17)28(25,26)24-11-9-23(10-12-24)19-7-5-6-8-20(19)27-4/h5-8,13-15H,9-12H2,1-4H3. The molecule has 152 valence electrons. The molecule has 28 heavy (non-hydrogen) atoms. The molecule has 1 heterocycles. The van der Waals surface area contributed by atoms with Gasteiger partial charge >= 0.3 is 0 Å². The van der Waals surface area contributed by atoms with Crippen LogP contribution in [0.2, 0.25) is 0 Å². The summed E-state index contributed by atoms with van der Waals surface area (Å²) in [6.45, 7) is 8.14. The topological polar surface area (TPSA) is 49.9 Å². The van der Waals surface area contributed by atoms with Crippen LogP contribution in [-0.4, -0.2) is 46.0 Å². The quantitative estimate of drug-likeness (QED) is 0.654. The number of hydrogen-bond acceptors (Lipinski definition) is 4. The van der Waals surface area contributed by atoms with E-state index < -0.39 is 10.0 Å². The molecule has 1 aliphatic rings. The molecule has 0 unspecified atom stereocenters. The van der Waals surface area contributed by atoms with Crippen molar-refractivity contribution in [3.8, 4) is 5.75 Å². The lowest BCUT2D eigenvalue weighted by atomic mass is 10.0. The molecule has 2 aromatic rings. The van der Waals surface area contributed by atoms with Gasteiger partial charge in [-0.15, -0.1) is 0 Å². The lowest BCUT2D eigenvalue weighted by Gasteiger charge is -2.36. The SMILES string of the molecule is COc1ccccc1N1CCN(S(=O)(=O)c2cc(C)c(Br)cc2C(C)C)CC1. The van der Waals surface area contributed by atoms with Gasteiger partial charge in [-0.25, -0.2) is 8.42 Å². The summed E-state index contributed by atoms with van der Waals surface area (Å²) in [7, 11) is -1.89. The number of anilines is 1. The van der Waals surface area contributed by atoms with Crippen LogP contribution in [0.25, 0.3) is 0 Å². The molecule has 0 amide bonds. The van der Waals surface area contributed by atoms with E-state index in [1.807, 2.05) is 51.1 Å². The molecule has 5 nitrogen and oxygen atoms in total. The molecule has 1 fully saturated rings. The molecule has 3 rings (SSSR count). The van der Waals surface area contributed by atoms with Crippen LogP contribution in [0.1, 0.15) is 30.9 Å². The van der Waals surface area contributed by atoms with Gasteiger partial charge < -0.3 is 9.64 Å². The third-order valence-corrected chi connectivity index (χ3v) is 8.00. The van der Waals surface area contributed by atoms with Crippen LogP contribution in [0.3, 0.4) is 0 Å². The number of nitrogens with zero attached hydrogens (tertiary/aromatic N) is 2. The van der Waals surface area contributed by atoms with Crippen molar-refractivity contribution in [3.63, 3.8) is 0 Å². The summed E-state index contributed by atoms with van der Waals surface area (Å²) >= 11 is 3.53. The van der Waals surface area contributed by atoms with Crippen molar-refractivity contribution in [2.24, 2.45) is 0 Å². The third kappa shape index (κ3) is 4.07. The minimum atomic E-state index is -3.54. The Balaban J connectivity index is 1.85. The van der Waals surface area contributed by atoms with Gasteiger partial charge in [-0.2, -0.15) is 4.31 Å². The highest BCUT2D eigenvalue weighted by Crippen LogP contribution is 2.33. The molecule has 0 spiro atoms. The largest absolute Gasteiger partial charge is 0.495 e. The normalized spacial score (nSPS) is 15.9. The van der Waals surface area contributed by atoms with Gasteiger partial charge in [0.05, 0.1) is 17.7 Å². The molecule has 2 aromatic carbocycles. The van der Waals surface area contributed by atoms with Crippen molar-refractivity contribution in [1.29, 1.82) is 0 Å². The van der Waals surface area contributed by atoms with Gasteiger partial charge in [0.15, 0.2) is 0 Å². The van der Waals surface area contributed by atoms with E-state index in [1.165, 1.54) is 0 Å². The van der Waals surface area contributed by atoms with Crippen molar-refractivity contribution in [2.45, 2.75) is 31.6 Å². The number of halogens is 1. The predicted molar refractivity (Wildman–Crippen MR) is 117 cm³/mol. The summed E-state index contributed by atoms with van der Waals surface area (Å²) in [4.78, 5) is 2.61. The first-order valence-corrected chi connectivity index (χ1v) is 11.7. The van der Waals surface area contributed by atoms with Crippen molar-refractivity contribution < 1.29 is 13.2 Å². The monoisotopic (exact) mass is 466 g/mol. The van der Waals surface area contributed by atoms with Gasteiger partial charge in [0.25, 0.3) is 0 Å². The smallest absolute Gasteiger partial charge is 0.243 e. The molecule has 0 aliphatic carbocycles. The molecule has 1 saturated heterocycles. The highest BCUT2D eigenvalue weighted by atomic mass is 79.9. The molecule has 1 aliphatic heterocycles. The van der Waals surface area contributed by atoms with E-state index in [0.717, 1.165) is 27.0 Å². The van der Waals surface area contributed by atoms with E-state index in [1.54, 1.807) is 17.5 Å². The number of para-hydroxylation sites is 2.